The number of carbonyl (C=O) groups is 2. The molecule has 0 saturated carbocycles. The molecule has 0 bridgehead atoms. The lowest BCUT2D eigenvalue weighted by Crippen LogP contribution is -2.37. The van der Waals surface area contributed by atoms with Gasteiger partial charge < -0.3 is 4.90 Å². The summed E-state index contributed by atoms with van der Waals surface area (Å²) in [6.45, 7) is 0.725. The summed E-state index contributed by atoms with van der Waals surface area (Å²) in [7, 11) is 0. The number of nitrogens with zero attached hydrogens (tertiary/aromatic N) is 2. The number of benzene rings is 2. The molecule has 2 aromatic carbocycles. The van der Waals surface area contributed by atoms with E-state index >= 15 is 0 Å². The van der Waals surface area contributed by atoms with Crippen LogP contribution in [0.3, 0.4) is 0 Å². The van der Waals surface area contributed by atoms with Gasteiger partial charge in [0.25, 0.3) is 11.8 Å². The summed E-state index contributed by atoms with van der Waals surface area (Å²) in [6.07, 6.45) is 1.93. The Morgan fingerprint density at radius 2 is 1.61 bits per heavy atom. The largest absolute Gasteiger partial charge is 0.336 e. The lowest BCUT2D eigenvalue weighted by atomic mass is 10.00. The third kappa shape index (κ3) is 2.59. The van der Waals surface area contributed by atoms with E-state index in [0.29, 0.717) is 17.0 Å². The van der Waals surface area contributed by atoms with E-state index in [1.165, 1.54) is 21.8 Å². The number of hydrogen-bond acceptors (Lipinski definition) is 4. The predicted molar refractivity (Wildman–Crippen MR) is 112 cm³/mol. The molecule has 1 aromatic heterocycles. The average molecular weight is 386 g/mol. The van der Waals surface area contributed by atoms with Crippen LogP contribution in [0.15, 0.2) is 77.8 Å². The zero-order chi connectivity index (χ0) is 19.1. The zero-order valence-electron chi connectivity index (χ0n) is 15.2. The van der Waals surface area contributed by atoms with Crippen LogP contribution in [-0.2, 0) is 16.0 Å². The first kappa shape index (κ1) is 17.0. The molecule has 2 aliphatic rings. The number of carbonyl (C=O) groups excluding carboxylic acids is 2. The van der Waals surface area contributed by atoms with Gasteiger partial charge in [-0.1, -0.05) is 42.5 Å². The molecular weight excluding hydrogens is 368 g/mol. The Balaban J connectivity index is 1.69. The van der Waals surface area contributed by atoms with Gasteiger partial charge in [0, 0.05) is 17.1 Å². The number of anilines is 2. The number of rotatable bonds is 3. The number of para-hydroxylation sites is 2. The van der Waals surface area contributed by atoms with Crippen molar-refractivity contribution in [1.29, 1.82) is 0 Å². The first-order valence-electron chi connectivity index (χ1n) is 9.33. The second kappa shape index (κ2) is 6.77. The molecule has 0 unspecified atom stereocenters. The monoisotopic (exact) mass is 386 g/mol. The predicted octanol–water partition coefficient (Wildman–Crippen LogP) is 4.49. The van der Waals surface area contributed by atoms with E-state index in [1.807, 2.05) is 58.8 Å². The summed E-state index contributed by atoms with van der Waals surface area (Å²) >= 11 is 1.49. The van der Waals surface area contributed by atoms with Gasteiger partial charge in [-0.25, -0.2) is 4.90 Å². The zero-order valence-corrected chi connectivity index (χ0v) is 16.0. The molecule has 2 amide bonds. The normalized spacial score (nSPS) is 16.7. The van der Waals surface area contributed by atoms with E-state index < -0.39 is 0 Å². The second-order valence-corrected chi connectivity index (χ2v) is 7.81. The Kier molecular flexibility index (Phi) is 4.10. The molecule has 0 aliphatic carbocycles. The minimum Gasteiger partial charge on any atom is -0.336 e. The summed E-state index contributed by atoms with van der Waals surface area (Å²) in [6, 6.07) is 21.1. The minimum atomic E-state index is -0.253. The molecule has 0 N–H and O–H groups in total. The lowest BCUT2D eigenvalue weighted by Gasteiger charge is -2.32. The van der Waals surface area contributed by atoms with Crippen LogP contribution < -0.4 is 9.80 Å². The first-order valence-corrected chi connectivity index (χ1v) is 10.2. The molecule has 0 saturated heterocycles. The van der Waals surface area contributed by atoms with E-state index in [0.717, 1.165) is 30.0 Å². The van der Waals surface area contributed by atoms with Gasteiger partial charge in [-0.2, -0.15) is 0 Å². The summed E-state index contributed by atoms with van der Waals surface area (Å²) in [5.74, 6) is -0.506. The minimum absolute atomic E-state index is 0.253. The maximum absolute atomic E-state index is 13.5. The van der Waals surface area contributed by atoms with Gasteiger partial charge in [0.15, 0.2) is 0 Å². The molecule has 5 rings (SSSR count). The number of fused-ring (bicyclic) bond motifs is 1. The standard InChI is InChI=1S/C23H18N2O2S/c26-22-20(19-13-7-15-28-19)21(23(27)25(22)17-10-2-1-3-11-17)24-14-6-9-16-8-4-5-12-18(16)24/h1-5,7-8,10-13,15H,6,9,14H2. The van der Waals surface area contributed by atoms with Crippen molar-refractivity contribution in [2.45, 2.75) is 12.8 Å². The van der Waals surface area contributed by atoms with Crippen LogP contribution in [0.2, 0.25) is 0 Å². The average Bonchev–Trinajstić information content (AvgIpc) is 3.34. The smallest absolute Gasteiger partial charge is 0.282 e. The van der Waals surface area contributed by atoms with Gasteiger partial charge >= 0.3 is 0 Å². The fraction of sp³-hybridized carbons (Fsp3) is 0.130. The van der Waals surface area contributed by atoms with Crippen molar-refractivity contribution in [3.8, 4) is 0 Å². The van der Waals surface area contributed by atoms with Gasteiger partial charge in [0.05, 0.1) is 11.3 Å². The van der Waals surface area contributed by atoms with Gasteiger partial charge in [-0.15, -0.1) is 11.3 Å². The fourth-order valence-electron chi connectivity index (χ4n) is 3.99. The van der Waals surface area contributed by atoms with Crippen molar-refractivity contribution in [2.24, 2.45) is 0 Å². The number of hydrogen-bond donors (Lipinski definition) is 0. The summed E-state index contributed by atoms with van der Waals surface area (Å²) < 4.78 is 0. The number of aryl methyl sites for hydroxylation is 1. The summed E-state index contributed by atoms with van der Waals surface area (Å²) in [5.41, 5.74) is 3.83. The van der Waals surface area contributed by atoms with E-state index in [9.17, 15) is 9.59 Å². The van der Waals surface area contributed by atoms with Crippen LogP contribution in [0.25, 0.3) is 5.57 Å². The van der Waals surface area contributed by atoms with Crippen molar-refractivity contribution in [1.82, 2.24) is 0 Å². The third-order valence-electron chi connectivity index (χ3n) is 5.22. The van der Waals surface area contributed by atoms with Gasteiger partial charge in [0.1, 0.15) is 5.70 Å². The van der Waals surface area contributed by atoms with Gasteiger partial charge in [0.2, 0.25) is 0 Å². The van der Waals surface area contributed by atoms with Crippen LogP contribution in [0, 0.1) is 0 Å². The van der Waals surface area contributed by atoms with Crippen LogP contribution in [0.4, 0.5) is 11.4 Å². The van der Waals surface area contributed by atoms with Crippen molar-refractivity contribution >= 4 is 40.1 Å². The highest BCUT2D eigenvalue weighted by Crippen LogP contribution is 2.40. The molecule has 5 heteroatoms. The van der Waals surface area contributed by atoms with Gasteiger partial charge in [-0.05, 0) is 48.1 Å². The van der Waals surface area contributed by atoms with Crippen molar-refractivity contribution in [2.75, 3.05) is 16.3 Å². The fourth-order valence-corrected chi connectivity index (χ4v) is 4.75. The van der Waals surface area contributed by atoms with Crippen LogP contribution in [0.1, 0.15) is 16.9 Å². The molecule has 4 nitrogen and oxygen atoms in total. The van der Waals surface area contributed by atoms with E-state index in [-0.39, 0.29) is 11.8 Å². The number of thiophene rings is 1. The maximum Gasteiger partial charge on any atom is 0.282 e. The molecule has 3 aromatic rings. The van der Waals surface area contributed by atoms with Crippen molar-refractivity contribution < 1.29 is 9.59 Å². The van der Waals surface area contributed by atoms with Crippen molar-refractivity contribution in [3.63, 3.8) is 0 Å². The molecule has 0 fully saturated rings. The highest BCUT2D eigenvalue weighted by molar-refractivity contribution is 7.11. The highest BCUT2D eigenvalue weighted by atomic mass is 32.1. The Bertz CT molecular complexity index is 1090. The quantitative estimate of drug-likeness (QED) is 0.623. The summed E-state index contributed by atoms with van der Waals surface area (Å²) in [4.78, 5) is 31.1. The molecule has 0 radical (unpaired) electrons. The summed E-state index contributed by atoms with van der Waals surface area (Å²) in [5, 5.41) is 1.94. The Morgan fingerprint density at radius 3 is 2.39 bits per heavy atom. The molecule has 138 valence electrons. The van der Waals surface area contributed by atoms with Gasteiger partial charge in [-0.3, -0.25) is 9.59 Å². The Labute approximate surface area is 167 Å². The van der Waals surface area contributed by atoms with Crippen molar-refractivity contribution in [3.05, 3.63) is 88.2 Å². The van der Waals surface area contributed by atoms with E-state index in [2.05, 4.69) is 6.07 Å². The Hall–Kier alpha value is -3.18. The molecular formula is C23H18N2O2S. The van der Waals surface area contributed by atoms with Crippen LogP contribution in [0.5, 0.6) is 0 Å². The molecule has 3 heterocycles. The Morgan fingerprint density at radius 1 is 0.821 bits per heavy atom. The molecule has 0 spiro atoms. The maximum atomic E-state index is 13.5. The second-order valence-electron chi connectivity index (χ2n) is 6.87. The molecule has 2 aliphatic heterocycles. The van der Waals surface area contributed by atoms with E-state index in [4.69, 9.17) is 0 Å². The lowest BCUT2D eigenvalue weighted by molar-refractivity contribution is -0.120. The highest BCUT2D eigenvalue weighted by Gasteiger charge is 2.43. The molecule has 28 heavy (non-hydrogen) atoms. The van der Waals surface area contributed by atoms with Crippen LogP contribution in [-0.4, -0.2) is 18.4 Å². The van der Waals surface area contributed by atoms with E-state index in [1.54, 1.807) is 12.1 Å². The third-order valence-corrected chi connectivity index (χ3v) is 6.11. The van der Waals surface area contributed by atoms with Crippen LogP contribution >= 0.6 is 11.3 Å². The topological polar surface area (TPSA) is 40.6 Å². The molecule has 0 atom stereocenters. The number of amides is 2. The number of imide groups is 1. The SMILES string of the molecule is O=C1C(c2cccs2)=C(N2CCCc3ccccc32)C(=O)N1c1ccccc1. The first-order chi connectivity index (χ1) is 13.8.